The molecule has 3 aliphatic rings. The Labute approximate surface area is 182 Å². The average Bonchev–Trinajstić information content (AvgIpc) is 3.24. The van der Waals surface area contributed by atoms with E-state index >= 15 is 4.39 Å². The van der Waals surface area contributed by atoms with E-state index < -0.39 is 40.3 Å². The molecule has 1 saturated heterocycles. The molecule has 1 aromatic heterocycles. The van der Waals surface area contributed by atoms with Crippen molar-refractivity contribution < 1.29 is 31.4 Å². The molecule has 0 spiro atoms. The highest BCUT2D eigenvalue weighted by Gasteiger charge is 2.45. The van der Waals surface area contributed by atoms with Gasteiger partial charge in [-0.3, -0.25) is 0 Å². The number of aliphatic hydroxyl groups excluding tert-OH is 1. The quantitative estimate of drug-likeness (QED) is 0.703. The number of aromatic nitrogens is 2. The number of alkyl halides is 2. The van der Waals surface area contributed by atoms with Crippen molar-refractivity contribution in [1.29, 1.82) is 0 Å². The summed E-state index contributed by atoms with van der Waals surface area (Å²) in [5.74, 6) is -3.67. The van der Waals surface area contributed by atoms with Crippen LogP contribution in [0.25, 0.3) is 11.3 Å². The van der Waals surface area contributed by atoms with E-state index in [4.69, 9.17) is 4.74 Å². The van der Waals surface area contributed by atoms with Crippen LogP contribution in [-0.4, -0.2) is 55.0 Å². The van der Waals surface area contributed by atoms with Crippen LogP contribution in [0.1, 0.15) is 36.2 Å². The van der Waals surface area contributed by atoms with Crippen molar-refractivity contribution in [3.8, 4) is 17.0 Å². The van der Waals surface area contributed by atoms with Gasteiger partial charge in [0, 0.05) is 24.1 Å². The van der Waals surface area contributed by atoms with Gasteiger partial charge in [-0.2, -0.15) is 8.78 Å². The van der Waals surface area contributed by atoms with Gasteiger partial charge in [0.15, 0.2) is 0 Å². The zero-order valence-electron chi connectivity index (χ0n) is 17.3. The predicted octanol–water partition coefficient (Wildman–Crippen LogP) is 1.87. The van der Waals surface area contributed by atoms with E-state index in [1.807, 2.05) is 0 Å². The summed E-state index contributed by atoms with van der Waals surface area (Å²) in [5.41, 5.74) is 0.350. The lowest BCUT2D eigenvalue weighted by molar-refractivity contribution is -0.00603. The number of hydrogen-bond donors (Lipinski definition) is 2. The van der Waals surface area contributed by atoms with Crippen molar-refractivity contribution in [2.75, 3.05) is 24.3 Å². The molecule has 2 aromatic rings. The Bertz CT molecular complexity index is 1220. The standard InChI is InChI=1S/C20H21F3N4O4S/c1-9-14(28)7-27(9)19-24-17(11-3-4-20(22,23)18(11)25-19)10-5-12(21)16-13(26-32(2,29)30)8-31-15(16)6-10/h5-6,9,13-14,26,28H,3-4,7-8H2,1-2H3/t9-,13+,14+/m0/s1. The zero-order valence-corrected chi connectivity index (χ0v) is 18.1. The number of ether oxygens (including phenoxy) is 1. The second kappa shape index (κ2) is 7.03. The molecule has 2 N–H and O–H groups in total. The van der Waals surface area contributed by atoms with Crippen LogP contribution in [0.5, 0.6) is 5.75 Å². The number of anilines is 1. The summed E-state index contributed by atoms with van der Waals surface area (Å²) in [5, 5.41) is 9.82. The van der Waals surface area contributed by atoms with Crippen molar-refractivity contribution in [2.45, 2.75) is 43.9 Å². The maximum atomic E-state index is 15.1. The fourth-order valence-corrected chi connectivity index (χ4v) is 5.13. The number of nitrogens with zero attached hydrogens (tertiary/aromatic N) is 3. The van der Waals surface area contributed by atoms with Gasteiger partial charge in [0.05, 0.1) is 35.7 Å². The van der Waals surface area contributed by atoms with Crippen molar-refractivity contribution in [2.24, 2.45) is 0 Å². The Morgan fingerprint density at radius 3 is 2.72 bits per heavy atom. The fraction of sp³-hybridized carbons (Fsp3) is 0.500. The third-order valence-electron chi connectivity index (χ3n) is 6.20. The third-order valence-corrected chi connectivity index (χ3v) is 6.91. The Morgan fingerprint density at radius 2 is 2.06 bits per heavy atom. The van der Waals surface area contributed by atoms with Crippen molar-refractivity contribution in [3.63, 3.8) is 0 Å². The minimum atomic E-state index is -3.60. The third kappa shape index (κ3) is 3.41. The topological polar surface area (TPSA) is 105 Å². The molecule has 0 unspecified atom stereocenters. The van der Waals surface area contributed by atoms with E-state index in [1.165, 1.54) is 6.07 Å². The number of aliphatic hydroxyl groups is 1. The predicted molar refractivity (Wildman–Crippen MR) is 109 cm³/mol. The van der Waals surface area contributed by atoms with Gasteiger partial charge < -0.3 is 14.7 Å². The van der Waals surface area contributed by atoms with Crippen LogP contribution in [0.3, 0.4) is 0 Å². The minimum absolute atomic E-state index is 0.0357. The maximum Gasteiger partial charge on any atom is 0.290 e. The molecule has 0 amide bonds. The van der Waals surface area contributed by atoms with Gasteiger partial charge in [-0.25, -0.2) is 27.5 Å². The fourth-order valence-electron chi connectivity index (χ4n) is 4.43. The summed E-state index contributed by atoms with van der Waals surface area (Å²) >= 11 is 0. The van der Waals surface area contributed by atoms with Gasteiger partial charge in [0.1, 0.15) is 23.9 Å². The van der Waals surface area contributed by atoms with Crippen LogP contribution in [0.4, 0.5) is 19.1 Å². The molecule has 1 aromatic carbocycles. The molecule has 8 nitrogen and oxygen atoms in total. The van der Waals surface area contributed by atoms with Gasteiger partial charge in [0.2, 0.25) is 16.0 Å². The summed E-state index contributed by atoms with van der Waals surface area (Å²) in [6.45, 7) is 1.86. The Balaban J connectivity index is 1.61. The van der Waals surface area contributed by atoms with Crippen LogP contribution < -0.4 is 14.4 Å². The molecule has 5 rings (SSSR count). The first-order chi connectivity index (χ1) is 14.9. The lowest BCUT2D eigenvalue weighted by Gasteiger charge is -2.43. The number of fused-ring (bicyclic) bond motifs is 2. The highest BCUT2D eigenvalue weighted by molar-refractivity contribution is 7.88. The maximum absolute atomic E-state index is 15.1. The van der Waals surface area contributed by atoms with Crippen molar-refractivity contribution in [1.82, 2.24) is 14.7 Å². The molecule has 32 heavy (non-hydrogen) atoms. The molecular formula is C20H21F3N4O4S. The first-order valence-corrected chi connectivity index (χ1v) is 12.0. The smallest absolute Gasteiger partial charge is 0.290 e. The summed E-state index contributed by atoms with van der Waals surface area (Å²) in [6, 6.07) is 1.42. The van der Waals surface area contributed by atoms with Crippen molar-refractivity contribution >= 4 is 16.0 Å². The molecule has 0 bridgehead atoms. The number of halogens is 3. The van der Waals surface area contributed by atoms with E-state index in [1.54, 1.807) is 11.8 Å². The van der Waals surface area contributed by atoms with Gasteiger partial charge in [-0.05, 0) is 25.5 Å². The Kier molecular flexibility index (Phi) is 4.70. The molecule has 2 aliphatic heterocycles. The molecule has 1 fully saturated rings. The van der Waals surface area contributed by atoms with Crippen molar-refractivity contribution in [3.05, 3.63) is 34.8 Å². The SMILES string of the molecule is C[C@H]1[C@H](O)CN1c1nc(-c2cc(F)c3c(c2)OC[C@H]3NS(C)(=O)=O)c2c(n1)C(F)(F)CC2. The average molecular weight is 470 g/mol. The second-order valence-electron chi connectivity index (χ2n) is 8.49. The zero-order chi connectivity index (χ0) is 23.0. The van der Waals surface area contributed by atoms with E-state index in [9.17, 15) is 22.3 Å². The highest BCUT2D eigenvalue weighted by atomic mass is 32.2. The van der Waals surface area contributed by atoms with Crippen LogP contribution in [0.15, 0.2) is 12.1 Å². The van der Waals surface area contributed by atoms with Crippen LogP contribution in [0, 0.1) is 5.82 Å². The number of benzene rings is 1. The molecule has 172 valence electrons. The molecular weight excluding hydrogens is 449 g/mol. The molecule has 12 heteroatoms. The van der Waals surface area contributed by atoms with E-state index in [2.05, 4.69) is 14.7 Å². The molecule has 0 saturated carbocycles. The first kappa shape index (κ1) is 21.4. The number of nitrogens with one attached hydrogen (secondary N) is 1. The lowest BCUT2D eigenvalue weighted by atomic mass is 10.00. The van der Waals surface area contributed by atoms with Gasteiger partial charge >= 0.3 is 0 Å². The van der Waals surface area contributed by atoms with Gasteiger partial charge in [-0.15, -0.1) is 0 Å². The number of sulfonamides is 1. The van der Waals surface area contributed by atoms with E-state index in [0.717, 1.165) is 12.3 Å². The largest absolute Gasteiger partial charge is 0.491 e. The Morgan fingerprint density at radius 1 is 1.31 bits per heavy atom. The lowest BCUT2D eigenvalue weighted by Crippen LogP contribution is -2.59. The Hall–Kier alpha value is -2.44. The summed E-state index contributed by atoms with van der Waals surface area (Å²) in [7, 11) is -3.60. The monoisotopic (exact) mass is 470 g/mol. The van der Waals surface area contributed by atoms with Crippen LogP contribution >= 0.6 is 0 Å². The van der Waals surface area contributed by atoms with Crippen LogP contribution in [-0.2, 0) is 22.4 Å². The molecule has 3 heterocycles. The normalized spacial score (nSPS) is 25.8. The van der Waals surface area contributed by atoms with Gasteiger partial charge in [0.25, 0.3) is 5.92 Å². The molecule has 3 atom stereocenters. The number of hydrogen-bond acceptors (Lipinski definition) is 7. The van der Waals surface area contributed by atoms with Crippen LogP contribution in [0.2, 0.25) is 0 Å². The summed E-state index contributed by atoms with van der Waals surface area (Å²) in [4.78, 5) is 10.2. The highest BCUT2D eigenvalue weighted by Crippen LogP contribution is 2.46. The number of β-amino-alcohol motifs (C(OH)–C–C–N with tert-alkyl or cyclic N) is 1. The number of rotatable bonds is 4. The summed E-state index contributed by atoms with van der Waals surface area (Å²) < 4.78 is 75.1. The van der Waals surface area contributed by atoms with E-state index in [-0.39, 0.29) is 65.4 Å². The van der Waals surface area contributed by atoms with E-state index in [0.29, 0.717) is 0 Å². The minimum Gasteiger partial charge on any atom is -0.491 e. The van der Waals surface area contributed by atoms with Gasteiger partial charge in [-0.1, -0.05) is 0 Å². The molecule has 1 aliphatic carbocycles. The molecule has 0 radical (unpaired) electrons. The summed E-state index contributed by atoms with van der Waals surface area (Å²) in [6.07, 6.45) is -0.0262. The first-order valence-electron chi connectivity index (χ1n) is 10.1. The second-order valence-corrected chi connectivity index (χ2v) is 10.3.